The van der Waals surface area contributed by atoms with E-state index in [-0.39, 0.29) is 6.04 Å². The predicted octanol–water partition coefficient (Wildman–Crippen LogP) is 4.13. The molecule has 8 heteroatoms. The number of aldehydes is 1. The third-order valence-electron chi connectivity index (χ3n) is 5.06. The average Bonchev–Trinajstić information content (AvgIpc) is 3.38. The van der Waals surface area contributed by atoms with Crippen molar-refractivity contribution in [2.75, 3.05) is 0 Å². The summed E-state index contributed by atoms with van der Waals surface area (Å²) in [6.07, 6.45) is 5.89. The topological polar surface area (TPSA) is 72.7 Å². The number of rotatable bonds is 4. The van der Waals surface area contributed by atoms with Crippen molar-refractivity contribution in [1.82, 2.24) is 25.1 Å². The van der Waals surface area contributed by atoms with Crippen LogP contribution in [0.5, 0.6) is 0 Å². The average molecular weight is 420 g/mol. The van der Waals surface area contributed by atoms with Crippen LogP contribution in [0, 0.1) is 5.82 Å². The van der Waals surface area contributed by atoms with Gasteiger partial charge in [0.05, 0.1) is 29.3 Å². The second-order valence-electron chi connectivity index (χ2n) is 6.92. The molecular formula is C22H15ClFN5O. The lowest BCUT2D eigenvalue weighted by atomic mass is 10.0. The number of nitrogens with one attached hydrogen (secondary N) is 1. The van der Waals surface area contributed by atoms with Crippen LogP contribution >= 0.6 is 11.6 Å². The minimum Gasteiger partial charge on any atom is -0.301 e. The summed E-state index contributed by atoms with van der Waals surface area (Å²) in [5, 5.41) is 8.20. The first-order valence-corrected chi connectivity index (χ1v) is 9.65. The van der Waals surface area contributed by atoms with Crippen LogP contribution in [0.3, 0.4) is 0 Å². The molecule has 30 heavy (non-hydrogen) atoms. The summed E-state index contributed by atoms with van der Waals surface area (Å²) >= 11 is 6.10. The Labute approximate surface area is 176 Å². The maximum Gasteiger partial charge on any atom is 0.141 e. The van der Waals surface area contributed by atoms with Crippen molar-refractivity contribution >= 4 is 17.9 Å². The molecule has 4 aromatic rings. The fourth-order valence-electron chi connectivity index (χ4n) is 3.73. The first-order valence-electron chi connectivity index (χ1n) is 9.28. The second kappa shape index (κ2) is 7.44. The summed E-state index contributed by atoms with van der Waals surface area (Å²) in [5.41, 5.74) is 5.05. The standard InChI is InChI=1S/C22H15ClFN5O/c23-14-6-13(7-15(24)8-14)21-9-19(28-29(21)16-2-1-4-25-10-16)22-18-11-27-20(12-30)17(18)3-5-26-22/h1-10,12,20,27H,11H2. The molecule has 0 spiro atoms. The number of carbonyl (C=O) groups excluding carboxylic acids is 1. The molecule has 148 valence electrons. The summed E-state index contributed by atoms with van der Waals surface area (Å²) < 4.78 is 15.7. The Hall–Kier alpha value is -3.42. The van der Waals surface area contributed by atoms with Gasteiger partial charge in [0.25, 0.3) is 0 Å². The fraction of sp³-hybridized carbons (Fsp3) is 0.0909. The van der Waals surface area contributed by atoms with Crippen LogP contribution in [0.1, 0.15) is 17.2 Å². The molecule has 0 radical (unpaired) electrons. The number of fused-ring (bicyclic) bond motifs is 1. The van der Waals surface area contributed by atoms with Crippen LogP contribution in [-0.2, 0) is 11.3 Å². The van der Waals surface area contributed by atoms with Gasteiger partial charge in [-0.15, -0.1) is 0 Å². The van der Waals surface area contributed by atoms with Crippen LogP contribution in [-0.4, -0.2) is 26.0 Å². The molecule has 1 aliphatic rings. The Balaban J connectivity index is 1.72. The molecule has 0 fully saturated rings. The molecule has 1 aliphatic heterocycles. The van der Waals surface area contributed by atoms with Gasteiger partial charge in [0.15, 0.2) is 0 Å². The highest BCUT2D eigenvalue weighted by Crippen LogP contribution is 2.34. The van der Waals surface area contributed by atoms with Gasteiger partial charge in [0.1, 0.15) is 17.8 Å². The number of carbonyl (C=O) groups is 1. The lowest BCUT2D eigenvalue weighted by molar-refractivity contribution is -0.109. The van der Waals surface area contributed by atoms with Gasteiger partial charge in [0.2, 0.25) is 0 Å². The van der Waals surface area contributed by atoms with E-state index in [1.54, 1.807) is 35.4 Å². The van der Waals surface area contributed by atoms with Crippen LogP contribution in [0.2, 0.25) is 5.02 Å². The minimum absolute atomic E-state index is 0.294. The summed E-state index contributed by atoms with van der Waals surface area (Å²) in [6.45, 7) is 0.517. The van der Waals surface area contributed by atoms with E-state index in [2.05, 4.69) is 15.3 Å². The molecule has 3 aromatic heterocycles. The van der Waals surface area contributed by atoms with E-state index >= 15 is 0 Å². The third-order valence-corrected chi connectivity index (χ3v) is 5.28. The Morgan fingerprint density at radius 3 is 2.87 bits per heavy atom. The van der Waals surface area contributed by atoms with Crippen LogP contribution in [0.25, 0.3) is 28.3 Å². The van der Waals surface area contributed by atoms with Crippen molar-refractivity contribution in [3.05, 3.63) is 83.0 Å². The van der Waals surface area contributed by atoms with Gasteiger partial charge in [-0.1, -0.05) is 11.6 Å². The molecule has 4 heterocycles. The largest absolute Gasteiger partial charge is 0.301 e. The van der Waals surface area contributed by atoms with Crippen molar-refractivity contribution in [3.8, 4) is 28.3 Å². The molecular weight excluding hydrogens is 405 g/mol. The van der Waals surface area contributed by atoms with Crippen LogP contribution in [0.4, 0.5) is 4.39 Å². The number of pyridine rings is 2. The molecule has 0 bridgehead atoms. The van der Waals surface area contributed by atoms with Crippen LogP contribution < -0.4 is 5.32 Å². The first-order chi connectivity index (χ1) is 14.6. The zero-order valence-electron chi connectivity index (χ0n) is 15.6. The minimum atomic E-state index is -0.435. The van der Waals surface area contributed by atoms with Gasteiger partial charge in [-0.3, -0.25) is 15.3 Å². The van der Waals surface area contributed by atoms with E-state index in [1.165, 1.54) is 12.1 Å². The van der Waals surface area contributed by atoms with Gasteiger partial charge >= 0.3 is 0 Å². The molecule has 0 amide bonds. The second-order valence-corrected chi connectivity index (χ2v) is 7.35. The molecule has 1 atom stereocenters. The Morgan fingerprint density at radius 2 is 2.10 bits per heavy atom. The van der Waals surface area contributed by atoms with Gasteiger partial charge in [-0.2, -0.15) is 5.10 Å². The number of benzene rings is 1. The zero-order valence-corrected chi connectivity index (χ0v) is 16.3. The molecule has 0 saturated heterocycles. The first kappa shape index (κ1) is 18.6. The lowest BCUT2D eigenvalue weighted by Gasteiger charge is -2.07. The highest BCUT2D eigenvalue weighted by molar-refractivity contribution is 6.30. The monoisotopic (exact) mass is 419 g/mol. The molecule has 1 N–H and O–H groups in total. The number of hydrogen-bond donors (Lipinski definition) is 1. The van der Waals surface area contributed by atoms with E-state index in [9.17, 15) is 9.18 Å². The Morgan fingerprint density at radius 1 is 1.20 bits per heavy atom. The highest BCUT2D eigenvalue weighted by atomic mass is 35.5. The number of aromatic nitrogens is 4. The zero-order chi connectivity index (χ0) is 20.7. The van der Waals surface area contributed by atoms with Crippen LogP contribution in [0.15, 0.2) is 61.1 Å². The number of hydrogen-bond acceptors (Lipinski definition) is 5. The van der Waals surface area contributed by atoms with Gasteiger partial charge in [-0.05, 0) is 53.6 Å². The summed E-state index contributed by atoms with van der Waals surface area (Å²) in [7, 11) is 0. The van der Waals surface area contributed by atoms with E-state index in [4.69, 9.17) is 16.7 Å². The number of halogens is 2. The van der Waals surface area contributed by atoms with Crippen molar-refractivity contribution < 1.29 is 9.18 Å². The van der Waals surface area contributed by atoms with E-state index in [0.29, 0.717) is 34.2 Å². The van der Waals surface area contributed by atoms with E-state index < -0.39 is 5.82 Å². The predicted molar refractivity (Wildman–Crippen MR) is 111 cm³/mol. The van der Waals surface area contributed by atoms with Gasteiger partial charge in [-0.25, -0.2) is 9.07 Å². The van der Waals surface area contributed by atoms with Gasteiger partial charge in [0, 0.05) is 29.5 Å². The molecule has 6 nitrogen and oxygen atoms in total. The highest BCUT2D eigenvalue weighted by Gasteiger charge is 2.26. The molecule has 5 rings (SSSR count). The van der Waals surface area contributed by atoms with E-state index in [0.717, 1.165) is 23.1 Å². The maximum atomic E-state index is 14.1. The SMILES string of the molecule is O=CC1NCc2c1ccnc2-c1cc(-c2cc(F)cc(Cl)c2)n(-c2cccnc2)n1. The van der Waals surface area contributed by atoms with E-state index in [1.807, 2.05) is 18.2 Å². The summed E-state index contributed by atoms with van der Waals surface area (Å²) in [5.74, 6) is -0.435. The van der Waals surface area contributed by atoms with Crippen molar-refractivity contribution in [2.24, 2.45) is 0 Å². The summed E-state index contributed by atoms with van der Waals surface area (Å²) in [4.78, 5) is 20.0. The quantitative estimate of drug-likeness (QED) is 0.503. The number of nitrogens with zero attached hydrogens (tertiary/aromatic N) is 4. The Kier molecular flexibility index (Phi) is 4.61. The van der Waals surface area contributed by atoms with Crippen molar-refractivity contribution in [1.29, 1.82) is 0 Å². The lowest BCUT2D eigenvalue weighted by Crippen LogP contribution is -2.12. The fourth-order valence-corrected chi connectivity index (χ4v) is 3.95. The van der Waals surface area contributed by atoms with Gasteiger partial charge < -0.3 is 4.79 Å². The third kappa shape index (κ3) is 3.18. The van der Waals surface area contributed by atoms with Crippen molar-refractivity contribution in [3.63, 3.8) is 0 Å². The normalized spacial score (nSPS) is 15.2. The van der Waals surface area contributed by atoms with Crippen molar-refractivity contribution in [2.45, 2.75) is 12.6 Å². The Bertz CT molecular complexity index is 1240. The molecule has 1 aromatic carbocycles. The smallest absolute Gasteiger partial charge is 0.141 e. The maximum absolute atomic E-state index is 14.1. The molecule has 0 aliphatic carbocycles. The molecule has 1 unspecified atom stereocenters. The molecule has 0 saturated carbocycles. The summed E-state index contributed by atoms with van der Waals surface area (Å²) in [6, 6.07) is 11.3.